The Balaban J connectivity index is 1.81. The minimum Gasteiger partial charge on any atom is -0.354 e. The average Bonchev–Trinajstić information content (AvgIpc) is 2.71. The van der Waals surface area contributed by atoms with Crippen LogP contribution in [-0.2, 0) is 16.1 Å². The maximum absolute atomic E-state index is 12.3. The minimum atomic E-state index is -0.237. The van der Waals surface area contributed by atoms with E-state index in [0.29, 0.717) is 13.0 Å². The lowest BCUT2D eigenvalue weighted by atomic mass is 9.85. The summed E-state index contributed by atoms with van der Waals surface area (Å²) in [7, 11) is 0. The number of hydrogen-bond acceptors (Lipinski definition) is 3. The Hall–Kier alpha value is -2.57. The fraction of sp³-hybridized carbons (Fsp3) is 0.609. The molecule has 1 aliphatic carbocycles. The van der Waals surface area contributed by atoms with Crippen molar-refractivity contribution in [3.63, 3.8) is 0 Å². The molecule has 2 rings (SSSR count). The molecule has 0 aliphatic heterocycles. The lowest BCUT2D eigenvalue weighted by Crippen LogP contribution is -2.46. The molecule has 0 bridgehead atoms. The van der Waals surface area contributed by atoms with Gasteiger partial charge in [0.15, 0.2) is 0 Å². The number of urea groups is 1. The summed E-state index contributed by atoms with van der Waals surface area (Å²) >= 11 is 0. The molecule has 1 aliphatic rings. The van der Waals surface area contributed by atoms with Gasteiger partial charge in [-0.15, -0.1) is 0 Å². The van der Waals surface area contributed by atoms with Gasteiger partial charge in [0.2, 0.25) is 11.8 Å². The molecule has 1 aromatic carbocycles. The van der Waals surface area contributed by atoms with E-state index in [1.807, 2.05) is 52.0 Å². The molecule has 1 saturated carbocycles. The molecule has 3 atom stereocenters. The highest BCUT2D eigenvalue weighted by Gasteiger charge is 2.28. The number of amides is 4. The van der Waals surface area contributed by atoms with Crippen molar-refractivity contribution < 1.29 is 14.4 Å². The molecule has 1 fully saturated rings. The second-order valence-electron chi connectivity index (χ2n) is 8.55. The molecular weight excluding hydrogens is 380 g/mol. The third kappa shape index (κ3) is 7.69. The van der Waals surface area contributed by atoms with Gasteiger partial charge in [0.05, 0.1) is 0 Å². The molecule has 0 saturated heterocycles. The number of carbonyl (C=O) groups is 3. The molecule has 4 amide bonds. The van der Waals surface area contributed by atoms with Gasteiger partial charge in [-0.1, -0.05) is 32.4 Å². The molecule has 3 unspecified atom stereocenters. The van der Waals surface area contributed by atoms with Crippen LogP contribution in [0.5, 0.6) is 0 Å². The Labute approximate surface area is 179 Å². The maximum atomic E-state index is 12.3. The monoisotopic (exact) mass is 416 g/mol. The Morgan fingerprint density at radius 2 is 1.90 bits per heavy atom. The van der Waals surface area contributed by atoms with E-state index in [1.165, 1.54) is 0 Å². The number of hydrogen-bond donors (Lipinski definition) is 4. The summed E-state index contributed by atoms with van der Waals surface area (Å²) in [5, 5.41) is 11.7. The van der Waals surface area contributed by atoms with Crippen LogP contribution in [0.1, 0.15) is 65.4 Å². The summed E-state index contributed by atoms with van der Waals surface area (Å²) in [6, 6.07) is 7.37. The largest absolute Gasteiger partial charge is 0.354 e. The van der Waals surface area contributed by atoms with Gasteiger partial charge >= 0.3 is 6.03 Å². The van der Waals surface area contributed by atoms with Crippen LogP contribution in [0.3, 0.4) is 0 Å². The number of benzene rings is 1. The average molecular weight is 417 g/mol. The summed E-state index contributed by atoms with van der Waals surface area (Å²) < 4.78 is 0. The van der Waals surface area contributed by atoms with Crippen molar-refractivity contribution in [1.82, 2.24) is 16.0 Å². The quantitative estimate of drug-likeness (QED) is 0.521. The van der Waals surface area contributed by atoms with Crippen LogP contribution >= 0.6 is 0 Å². The van der Waals surface area contributed by atoms with E-state index in [0.717, 1.165) is 36.9 Å². The number of nitrogens with one attached hydrogen (secondary N) is 4. The summed E-state index contributed by atoms with van der Waals surface area (Å²) in [6.07, 6.45) is 4.14. The highest BCUT2D eigenvalue weighted by atomic mass is 16.2. The normalized spacial score (nSPS) is 19.6. The molecule has 0 radical (unpaired) electrons. The molecule has 4 N–H and O–H groups in total. The Bertz CT molecular complexity index is 735. The van der Waals surface area contributed by atoms with Gasteiger partial charge in [0.25, 0.3) is 0 Å². The summed E-state index contributed by atoms with van der Waals surface area (Å²) in [4.78, 5) is 36.6. The van der Waals surface area contributed by atoms with Crippen LogP contribution in [0.25, 0.3) is 0 Å². The first-order chi connectivity index (χ1) is 14.3. The van der Waals surface area contributed by atoms with Crippen molar-refractivity contribution in [2.24, 2.45) is 11.8 Å². The van der Waals surface area contributed by atoms with Crippen LogP contribution in [0.2, 0.25) is 0 Å². The highest BCUT2D eigenvalue weighted by Crippen LogP contribution is 2.24. The van der Waals surface area contributed by atoms with Crippen molar-refractivity contribution in [3.05, 3.63) is 29.8 Å². The van der Waals surface area contributed by atoms with E-state index in [9.17, 15) is 14.4 Å². The topological polar surface area (TPSA) is 99.3 Å². The summed E-state index contributed by atoms with van der Waals surface area (Å²) in [5.74, 6) is -0.0152. The number of anilines is 1. The van der Waals surface area contributed by atoms with Crippen LogP contribution in [0, 0.1) is 11.8 Å². The lowest BCUT2D eigenvalue weighted by molar-refractivity contribution is -0.126. The Morgan fingerprint density at radius 1 is 1.13 bits per heavy atom. The van der Waals surface area contributed by atoms with Crippen LogP contribution < -0.4 is 21.3 Å². The Kier molecular flexibility index (Phi) is 9.15. The van der Waals surface area contributed by atoms with E-state index in [4.69, 9.17) is 0 Å². The first kappa shape index (κ1) is 23.7. The SMILES string of the molecule is CCC(C)C(=O)Nc1cccc(CNC(=O)NC2CCCC(C(=O)NC(C)C)C2)c1. The fourth-order valence-corrected chi connectivity index (χ4v) is 3.59. The van der Waals surface area contributed by atoms with Crippen molar-refractivity contribution >= 4 is 23.5 Å². The van der Waals surface area contributed by atoms with E-state index < -0.39 is 0 Å². The first-order valence-corrected chi connectivity index (χ1v) is 11.0. The predicted octanol–water partition coefficient (Wildman–Crippen LogP) is 3.55. The summed E-state index contributed by atoms with van der Waals surface area (Å²) in [6.45, 7) is 8.15. The third-order valence-corrected chi connectivity index (χ3v) is 5.52. The van der Waals surface area contributed by atoms with E-state index in [1.54, 1.807) is 0 Å². The van der Waals surface area contributed by atoms with E-state index in [-0.39, 0.29) is 41.8 Å². The molecule has 7 nitrogen and oxygen atoms in total. The van der Waals surface area contributed by atoms with Crippen molar-refractivity contribution in [2.45, 2.75) is 78.4 Å². The molecule has 0 spiro atoms. The molecule has 0 aromatic heterocycles. The zero-order valence-electron chi connectivity index (χ0n) is 18.6. The lowest BCUT2D eigenvalue weighted by Gasteiger charge is -2.29. The van der Waals surface area contributed by atoms with Crippen molar-refractivity contribution in [3.8, 4) is 0 Å². The summed E-state index contributed by atoms with van der Waals surface area (Å²) in [5.41, 5.74) is 1.64. The zero-order chi connectivity index (χ0) is 22.1. The van der Waals surface area contributed by atoms with Gasteiger partial charge in [-0.05, 0) is 57.2 Å². The zero-order valence-corrected chi connectivity index (χ0v) is 18.6. The molecule has 7 heteroatoms. The van der Waals surface area contributed by atoms with Crippen molar-refractivity contribution in [1.29, 1.82) is 0 Å². The number of carbonyl (C=O) groups excluding carboxylic acids is 3. The second-order valence-corrected chi connectivity index (χ2v) is 8.55. The van der Waals surface area contributed by atoms with Gasteiger partial charge in [0, 0.05) is 36.2 Å². The number of rotatable bonds is 8. The first-order valence-electron chi connectivity index (χ1n) is 11.0. The molecular formula is C23H36N4O3. The van der Waals surface area contributed by atoms with Gasteiger partial charge < -0.3 is 21.3 Å². The van der Waals surface area contributed by atoms with Gasteiger partial charge in [0.1, 0.15) is 0 Å². The molecule has 166 valence electrons. The van der Waals surface area contributed by atoms with E-state index >= 15 is 0 Å². The highest BCUT2D eigenvalue weighted by molar-refractivity contribution is 5.92. The van der Waals surface area contributed by atoms with Crippen LogP contribution in [0.15, 0.2) is 24.3 Å². The van der Waals surface area contributed by atoms with Crippen LogP contribution in [-0.4, -0.2) is 29.9 Å². The fourth-order valence-electron chi connectivity index (χ4n) is 3.59. The minimum absolute atomic E-state index is 0.00261. The molecule has 1 aromatic rings. The van der Waals surface area contributed by atoms with Gasteiger partial charge in [-0.3, -0.25) is 9.59 Å². The smallest absolute Gasteiger partial charge is 0.315 e. The second kappa shape index (κ2) is 11.6. The predicted molar refractivity (Wildman–Crippen MR) is 119 cm³/mol. The van der Waals surface area contributed by atoms with Gasteiger partial charge in [-0.25, -0.2) is 4.79 Å². The Morgan fingerprint density at radius 3 is 2.60 bits per heavy atom. The van der Waals surface area contributed by atoms with E-state index in [2.05, 4.69) is 21.3 Å². The van der Waals surface area contributed by atoms with Crippen molar-refractivity contribution in [2.75, 3.05) is 5.32 Å². The standard InChI is InChI=1S/C23H36N4O3/c1-5-16(4)21(28)26-19-10-6-8-17(12-19)14-24-23(30)27-20-11-7-9-18(13-20)22(29)25-15(2)3/h6,8,10,12,15-16,18,20H,5,7,9,11,13-14H2,1-4H3,(H,25,29)(H,26,28)(H2,24,27,30). The maximum Gasteiger partial charge on any atom is 0.315 e. The van der Waals surface area contributed by atoms with Crippen LogP contribution in [0.4, 0.5) is 10.5 Å². The van der Waals surface area contributed by atoms with Gasteiger partial charge in [-0.2, -0.15) is 0 Å². The third-order valence-electron chi connectivity index (χ3n) is 5.52. The molecule has 0 heterocycles. The molecule has 30 heavy (non-hydrogen) atoms.